The molecule has 76 valence electrons. The van der Waals surface area contributed by atoms with Gasteiger partial charge >= 0.3 is 0 Å². The standard InChI is InChI=1S/C9H10Cl2N2O/c1-12-8(14)5-13-9-6(10)3-2-4-7(9)11/h2-4,13H,5H2,1H3,(H,12,14). The van der Waals surface area contributed by atoms with Crippen LogP contribution in [-0.2, 0) is 4.79 Å². The smallest absolute Gasteiger partial charge is 0.239 e. The van der Waals surface area contributed by atoms with Crippen molar-refractivity contribution in [1.82, 2.24) is 5.32 Å². The van der Waals surface area contributed by atoms with Crippen molar-refractivity contribution >= 4 is 34.8 Å². The average molecular weight is 233 g/mol. The highest BCUT2D eigenvalue weighted by Crippen LogP contribution is 2.29. The van der Waals surface area contributed by atoms with E-state index in [0.29, 0.717) is 15.7 Å². The molecule has 0 aromatic heterocycles. The molecule has 0 aliphatic carbocycles. The van der Waals surface area contributed by atoms with Crippen molar-refractivity contribution in [3.8, 4) is 0 Å². The molecule has 0 aliphatic rings. The van der Waals surface area contributed by atoms with Crippen LogP contribution in [0.5, 0.6) is 0 Å². The molecule has 0 bridgehead atoms. The molecule has 5 heteroatoms. The molecule has 0 saturated carbocycles. The highest BCUT2D eigenvalue weighted by atomic mass is 35.5. The number of benzene rings is 1. The highest BCUT2D eigenvalue weighted by Gasteiger charge is 2.05. The molecule has 1 aromatic carbocycles. The number of anilines is 1. The Labute approximate surface area is 92.4 Å². The molecular weight excluding hydrogens is 223 g/mol. The second kappa shape index (κ2) is 5.08. The fraction of sp³-hybridized carbons (Fsp3) is 0.222. The number of rotatable bonds is 3. The minimum absolute atomic E-state index is 0.124. The van der Waals surface area contributed by atoms with Crippen molar-refractivity contribution in [3.63, 3.8) is 0 Å². The molecule has 0 aliphatic heterocycles. The van der Waals surface area contributed by atoms with Gasteiger partial charge in [-0.3, -0.25) is 4.79 Å². The van der Waals surface area contributed by atoms with Crippen LogP contribution in [0.25, 0.3) is 0 Å². The van der Waals surface area contributed by atoms with Crippen molar-refractivity contribution in [2.75, 3.05) is 18.9 Å². The van der Waals surface area contributed by atoms with Gasteiger partial charge in [0.15, 0.2) is 0 Å². The topological polar surface area (TPSA) is 41.1 Å². The minimum atomic E-state index is -0.124. The SMILES string of the molecule is CNC(=O)CNc1c(Cl)cccc1Cl. The van der Waals surface area contributed by atoms with E-state index in [4.69, 9.17) is 23.2 Å². The predicted molar refractivity (Wildman–Crippen MR) is 59.0 cm³/mol. The van der Waals surface area contributed by atoms with Crippen LogP contribution in [0.3, 0.4) is 0 Å². The van der Waals surface area contributed by atoms with Crippen LogP contribution in [0.2, 0.25) is 10.0 Å². The molecule has 0 saturated heterocycles. The van der Waals surface area contributed by atoms with Gasteiger partial charge in [-0.15, -0.1) is 0 Å². The first-order valence-electron chi connectivity index (χ1n) is 4.03. The van der Waals surface area contributed by atoms with E-state index in [0.717, 1.165) is 0 Å². The third-order valence-electron chi connectivity index (χ3n) is 1.67. The quantitative estimate of drug-likeness (QED) is 0.839. The molecule has 1 aromatic rings. The second-order valence-electron chi connectivity index (χ2n) is 2.62. The molecule has 3 nitrogen and oxygen atoms in total. The number of hydrogen-bond acceptors (Lipinski definition) is 2. The molecule has 14 heavy (non-hydrogen) atoms. The van der Waals surface area contributed by atoms with Gasteiger partial charge in [0.05, 0.1) is 22.3 Å². The number of amides is 1. The van der Waals surface area contributed by atoms with Crippen LogP contribution in [0.15, 0.2) is 18.2 Å². The molecule has 2 N–H and O–H groups in total. The number of carbonyl (C=O) groups is 1. The third-order valence-corrected chi connectivity index (χ3v) is 2.30. The predicted octanol–water partition coefficient (Wildman–Crippen LogP) is 2.15. The van der Waals surface area contributed by atoms with E-state index in [1.54, 1.807) is 25.2 Å². The molecule has 0 heterocycles. The maximum absolute atomic E-state index is 10.9. The van der Waals surface area contributed by atoms with Gasteiger partial charge in [-0.2, -0.15) is 0 Å². The number of likely N-dealkylation sites (N-methyl/N-ethyl adjacent to an activating group) is 1. The zero-order valence-electron chi connectivity index (χ0n) is 7.60. The summed E-state index contributed by atoms with van der Waals surface area (Å²) < 4.78 is 0. The Hall–Kier alpha value is -0.930. The maximum Gasteiger partial charge on any atom is 0.239 e. The van der Waals surface area contributed by atoms with Crippen molar-refractivity contribution in [2.24, 2.45) is 0 Å². The van der Waals surface area contributed by atoms with Crippen molar-refractivity contribution < 1.29 is 4.79 Å². The molecule has 1 rings (SSSR count). The van der Waals surface area contributed by atoms with E-state index in [1.807, 2.05) is 0 Å². The van der Waals surface area contributed by atoms with Gasteiger partial charge in [0.25, 0.3) is 0 Å². The zero-order valence-corrected chi connectivity index (χ0v) is 9.12. The van der Waals surface area contributed by atoms with Crippen LogP contribution in [0, 0.1) is 0 Å². The summed E-state index contributed by atoms with van der Waals surface area (Å²) in [6.45, 7) is 0.153. The van der Waals surface area contributed by atoms with E-state index >= 15 is 0 Å². The van der Waals surface area contributed by atoms with Gasteiger partial charge in [0.2, 0.25) is 5.91 Å². The number of halogens is 2. The monoisotopic (exact) mass is 232 g/mol. The van der Waals surface area contributed by atoms with E-state index in [-0.39, 0.29) is 12.5 Å². The van der Waals surface area contributed by atoms with Crippen molar-refractivity contribution in [3.05, 3.63) is 28.2 Å². The Bertz CT molecular complexity index is 321. The first kappa shape index (κ1) is 11.1. The van der Waals surface area contributed by atoms with E-state index in [2.05, 4.69) is 10.6 Å². The van der Waals surface area contributed by atoms with Gasteiger partial charge in [-0.05, 0) is 12.1 Å². The molecule has 0 spiro atoms. The van der Waals surface area contributed by atoms with Gasteiger partial charge < -0.3 is 10.6 Å². The molecular formula is C9H10Cl2N2O. The lowest BCUT2D eigenvalue weighted by molar-refractivity contribution is -0.118. The lowest BCUT2D eigenvalue weighted by Gasteiger charge is -2.08. The summed E-state index contributed by atoms with van der Waals surface area (Å²) in [5, 5.41) is 6.35. The van der Waals surface area contributed by atoms with Crippen LogP contribution in [-0.4, -0.2) is 19.5 Å². The summed E-state index contributed by atoms with van der Waals surface area (Å²) >= 11 is 11.8. The first-order chi connectivity index (χ1) is 6.65. The Morgan fingerprint density at radius 3 is 2.43 bits per heavy atom. The van der Waals surface area contributed by atoms with Gasteiger partial charge in [0, 0.05) is 7.05 Å². The number of nitrogens with one attached hydrogen (secondary N) is 2. The summed E-state index contributed by atoms with van der Waals surface area (Å²) in [6.07, 6.45) is 0. The van der Waals surface area contributed by atoms with Crippen molar-refractivity contribution in [1.29, 1.82) is 0 Å². The zero-order chi connectivity index (χ0) is 10.6. The fourth-order valence-electron chi connectivity index (χ4n) is 0.924. The van der Waals surface area contributed by atoms with E-state index in [1.165, 1.54) is 0 Å². The molecule has 0 fully saturated rings. The second-order valence-corrected chi connectivity index (χ2v) is 3.44. The normalized spacial score (nSPS) is 9.64. The van der Waals surface area contributed by atoms with Gasteiger partial charge in [0.1, 0.15) is 0 Å². The largest absolute Gasteiger partial charge is 0.374 e. The van der Waals surface area contributed by atoms with Crippen LogP contribution < -0.4 is 10.6 Å². The summed E-state index contributed by atoms with van der Waals surface area (Å²) in [4.78, 5) is 10.9. The Morgan fingerprint density at radius 2 is 1.93 bits per heavy atom. The lowest BCUT2D eigenvalue weighted by atomic mass is 10.3. The lowest BCUT2D eigenvalue weighted by Crippen LogP contribution is -2.26. The molecule has 0 unspecified atom stereocenters. The van der Waals surface area contributed by atoms with E-state index in [9.17, 15) is 4.79 Å². The number of carbonyl (C=O) groups excluding carboxylic acids is 1. The summed E-state index contributed by atoms with van der Waals surface area (Å²) in [5.74, 6) is -0.124. The van der Waals surface area contributed by atoms with Gasteiger partial charge in [-0.25, -0.2) is 0 Å². The minimum Gasteiger partial charge on any atom is -0.374 e. The van der Waals surface area contributed by atoms with Crippen LogP contribution >= 0.6 is 23.2 Å². The molecule has 0 atom stereocenters. The van der Waals surface area contributed by atoms with Crippen LogP contribution in [0.4, 0.5) is 5.69 Å². The average Bonchev–Trinajstić information content (AvgIpc) is 2.16. The summed E-state index contributed by atoms with van der Waals surface area (Å²) in [7, 11) is 1.57. The third kappa shape index (κ3) is 2.79. The van der Waals surface area contributed by atoms with Crippen molar-refractivity contribution in [2.45, 2.75) is 0 Å². The van der Waals surface area contributed by atoms with Gasteiger partial charge in [-0.1, -0.05) is 29.3 Å². The number of hydrogen-bond donors (Lipinski definition) is 2. The fourth-order valence-corrected chi connectivity index (χ4v) is 1.45. The Morgan fingerprint density at radius 1 is 1.36 bits per heavy atom. The Balaban J connectivity index is 2.71. The Kier molecular flexibility index (Phi) is 4.04. The summed E-state index contributed by atoms with van der Waals surface area (Å²) in [6, 6.07) is 5.16. The van der Waals surface area contributed by atoms with E-state index < -0.39 is 0 Å². The molecule has 0 radical (unpaired) electrons. The number of para-hydroxylation sites is 1. The highest BCUT2D eigenvalue weighted by molar-refractivity contribution is 6.39. The molecule has 1 amide bonds. The maximum atomic E-state index is 10.9. The van der Waals surface area contributed by atoms with Crippen LogP contribution in [0.1, 0.15) is 0 Å². The first-order valence-corrected chi connectivity index (χ1v) is 4.79. The summed E-state index contributed by atoms with van der Waals surface area (Å²) in [5.41, 5.74) is 0.583.